The molecule has 0 heterocycles. The number of nitrogens with two attached hydrogens (primary N) is 1. The molecule has 1 aliphatic carbocycles. The van der Waals surface area contributed by atoms with Gasteiger partial charge in [0.2, 0.25) is 23.6 Å². The standard InChI is InChI=1S/C42H61N7O11S/c43-31(25-61)38(54)44-20-6-1-2-11-35(50)46-24-26-12-16-29(17-13-26)37(53)47-34(23-27-14-15-28-8-3-4-9-30(28)22-27)39(55)45-21-7-5-10-32(40(56)57)48-42(60)49-33(41(58)59)18-19-36(51)52/h3-4,8-9,14-15,22,26,29,31-34,61H,1-2,5-7,10-13,16-21,23-25,43H2,(H,44,54)(H,45,55)(H,46,50)(H,47,53)(H,51,52)(H,56,57)(H,58,59)(H2,48,49,60)/t26?,29?,31-,32-,33-,34-/m0/s1. The topological polar surface area (TPSA) is 295 Å². The first kappa shape index (κ1) is 49.9. The van der Waals surface area contributed by atoms with Gasteiger partial charge >= 0.3 is 23.9 Å². The smallest absolute Gasteiger partial charge is 0.326 e. The molecule has 19 heteroatoms. The van der Waals surface area contributed by atoms with E-state index in [9.17, 15) is 48.6 Å². The van der Waals surface area contributed by atoms with Crippen molar-refractivity contribution >= 4 is 71.0 Å². The van der Waals surface area contributed by atoms with Crippen molar-refractivity contribution in [2.45, 2.75) is 114 Å². The van der Waals surface area contributed by atoms with E-state index in [4.69, 9.17) is 10.8 Å². The Balaban J connectivity index is 1.47. The normalized spacial score (nSPS) is 16.8. The summed E-state index contributed by atoms with van der Waals surface area (Å²) in [4.78, 5) is 97.7. The van der Waals surface area contributed by atoms with E-state index >= 15 is 0 Å². The fraction of sp³-hybridized carbons (Fsp3) is 0.571. The second kappa shape index (κ2) is 26.7. The number of carboxylic acids is 3. The van der Waals surface area contributed by atoms with Crippen LogP contribution in [0.4, 0.5) is 4.79 Å². The third kappa shape index (κ3) is 18.8. The van der Waals surface area contributed by atoms with Crippen molar-refractivity contribution in [1.82, 2.24) is 31.9 Å². The van der Waals surface area contributed by atoms with Gasteiger partial charge in [-0.25, -0.2) is 14.4 Å². The molecule has 6 amide bonds. The first-order valence-electron chi connectivity index (χ1n) is 20.9. The molecule has 2 aromatic rings. The number of fused-ring (bicyclic) bond motifs is 1. The minimum absolute atomic E-state index is 0.0355. The van der Waals surface area contributed by atoms with Gasteiger partial charge in [-0.1, -0.05) is 48.9 Å². The third-order valence-electron chi connectivity index (χ3n) is 10.7. The molecule has 1 saturated carbocycles. The molecule has 0 saturated heterocycles. The van der Waals surface area contributed by atoms with Crippen LogP contribution < -0.4 is 37.6 Å². The predicted molar refractivity (Wildman–Crippen MR) is 230 cm³/mol. The number of hydrogen-bond acceptors (Lipinski definition) is 10. The maximum Gasteiger partial charge on any atom is 0.326 e. The Kier molecular flexibility index (Phi) is 21.9. The van der Waals surface area contributed by atoms with Crippen LogP contribution in [0.3, 0.4) is 0 Å². The number of rotatable bonds is 27. The zero-order chi connectivity index (χ0) is 44.7. The number of thiol groups is 1. The largest absolute Gasteiger partial charge is 0.481 e. The third-order valence-corrected chi connectivity index (χ3v) is 11.1. The number of urea groups is 1. The summed E-state index contributed by atoms with van der Waals surface area (Å²) in [6.45, 7) is 1.17. The lowest BCUT2D eigenvalue weighted by molar-refractivity contribution is -0.141. The second-order valence-electron chi connectivity index (χ2n) is 15.5. The molecule has 0 radical (unpaired) electrons. The molecular formula is C42H61N7O11S. The Morgan fingerprint density at radius 1 is 0.672 bits per heavy atom. The number of carboxylic acid groups (broad SMARTS) is 3. The maximum atomic E-state index is 13.6. The van der Waals surface area contributed by atoms with Gasteiger partial charge in [-0.15, -0.1) is 0 Å². The Labute approximate surface area is 360 Å². The van der Waals surface area contributed by atoms with E-state index in [1.807, 2.05) is 42.5 Å². The highest BCUT2D eigenvalue weighted by atomic mass is 32.1. The molecule has 3 rings (SSSR count). The van der Waals surface area contributed by atoms with Crippen molar-refractivity contribution in [3.05, 3.63) is 48.0 Å². The number of hydrogen-bond donors (Lipinski definition) is 11. The van der Waals surface area contributed by atoms with Crippen molar-refractivity contribution in [3.8, 4) is 0 Å². The zero-order valence-corrected chi connectivity index (χ0v) is 35.3. The number of benzene rings is 2. The van der Waals surface area contributed by atoms with Crippen LogP contribution in [-0.2, 0) is 40.0 Å². The Bertz CT molecular complexity index is 1810. The predicted octanol–water partition coefficient (Wildman–Crippen LogP) is 2.08. The summed E-state index contributed by atoms with van der Waals surface area (Å²) in [6.07, 6.45) is 5.20. The first-order valence-corrected chi connectivity index (χ1v) is 21.5. The van der Waals surface area contributed by atoms with Crippen LogP contribution in [0.15, 0.2) is 42.5 Å². The Morgan fingerprint density at radius 2 is 1.30 bits per heavy atom. The van der Waals surface area contributed by atoms with Crippen molar-refractivity contribution < 1.29 is 53.7 Å². The summed E-state index contributed by atoms with van der Waals surface area (Å²) >= 11 is 4.01. The van der Waals surface area contributed by atoms with Gasteiger partial charge in [0.15, 0.2) is 0 Å². The zero-order valence-electron chi connectivity index (χ0n) is 34.4. The number of carbonyl (C=O) groups excluding carboxylic acids is 5. The van der Waals surface area contributed by atoms with Gasteiger partial charge in [0, 0.05) is 50.6 Å². The van der Waals surface area contributed by atoms with Crippen LogP contribution in [-0.4, -0.2) is 112 Å². The van der Waals surface area contributed by atoms with Crippen LogP contribution in [0, 0.1) is 11.8 Å². The average Bonchev–Trinajstić information content (AvgIpc) is 3.24. The number of aliphatic carboxylic acids is 3. The molecular weight excluding hydrogens is 811 g/mol. The van der Waals surface area contributed by atoms with Crippen molar-refractivity contribution in [2.75, 3.05) is 25.4 Å². The maximum absolute atomic E-state index is 13.6. The molecule has 2 aromatic carbocycles. The molecule has 1 fully saturated rings. The number of carbonyl (C=O) groups is 8. The number of unbranched alkanes of at least 4 members (excludes halogenated alkanes) is 3. The molecule has 0 spiro atoms. The second-order valence-corrected chi connectivity index (χ2v) is 15.8. The minimum Gasteiger partial charge on any atom is -0.481 e. The summed E-state index contributed by atoms with van der Waals surface area (Å²) in [6, 6.07) is 8.14. The first-order chi connectivity index (χ1) is 29.2. The highest BCUT2D eigenvalue weighted by molar-refractivity contribution is 7.80. The van der Waals surface area contributed by atoms with Crippen LogP contribution in [0.1, 0.15) is 89.0 Å². The van der Waals surface area contributed by atoms with Gasteiger partial charge in [-0.05, 0) is 86.5 Å². The molecule has 0 aromatic heterocycles. The van der Waals surface area contributed by atoms with Gasteiger partial charge < -0.3 is 53.0 Å². The summed E-state index contributed by atoms with van der Waals surface area (Å²) in [5, 5.41) is 45.6. The van der Waals surface area contributed by atoms with E-state index < -0.39 is 60.4 Å². The minimum atomic E-state index is -1.52. The van der Waals surface area contributed by atoms with E-state index in [2.05, 4.69) is 44.5 Å². The van der Waals surface area contributed by atoms with Crippen LogP contribution >= 0.6 is 12.6 Å². The lowest BCUT2D eigenvalue weighted by atomic mass is 9.81. The lowest BCUT2D eigenvalue weighted by Gasteiger charge is -2.29. The molecule has 1 aliphatic rings. The summed E-state index contributed by atoms with van der Waals surface area (Å²) in [5.74, 6) is -4.78. The highest BCUT2D eigenvalue weighted by Crippen LogP contribution is 2.29. The summed E-state index contributed by atoms with van der Waals surface area (Å²) in [5.41, 5.74) is 6.48. The summed E-state index contributed by atoms with van der Waals surface area (Å²) in [7, 11) is 0. The van der Waals surface area contributed by atoms with E-state index in [-0.39, 0.29) is 67.5 Å². The molecule has 18 nitrogen and oxygen atoms in total. The average molecular weight is 872 g/mol. The van der Waals surface area contributed by atoms with E-state index in [0.717, 1.165) is 42.0 Å². The fourth-order valence-electron chi connectivity index (χ4n) is 7.04. The van der Waals surface area contributed by atoms with E-state index in [1.165, 1.54) is 0 Å². The van der Waals surface area contributed by atoms with Crippen LogP contribution in [0.2, 0.25) is 0 Å². The molecule has 4 atom stereocenters. The Hall–Kier alpha value is -5.43. The van der Waals surface area contributed by atoms with Gasteiger partial charge in [-0.3, -0.25) is 24.0 Å². The van der Waals surface area contributed by atoms with Gasteiger partial charge in [-0.2, -0.15) is 12.6 Å². The molecule has 0 aliphatic heterocycles. The summed E-state index contributed by atoms with van der Waals surface area (Å²) < 4.78 is 0. The van der Waals surface area contributed by atoms with Gasteiger partial charge in [0.1, 0.15) is 18.1 Å². The quantitative estimate of drug-likeness (QED) is 0.0455. The van der Waals surface area contributed by atoms with Gasteiger partial charge in [0.05, 0.1) is 6.04 Å². The SMILES string of the molecule is N[C@@H](CS)C(=O)NCCCCCC(=O)NCC1CCC(C(=O)N[C@@H](Cc2ccc3ccccc3c2)C(=O)NCCCC[C@H](NC(=O)N[C@@H](CCC(=O)O)C(=O)O)C(=O)O)CC1. The fourth-order valence-corrected chi connectivity index (χ4v) is 7.20. The monoisotopic (exact) mass is 871 g/mol. The van der Waals surface area contributed by atoms with Crippen molar-refractivity contribution in [3.63, 3.8) is 0 Å². The lowest BCUT2D eigenvalue weighted by Crippen LogP contribution is -2.51. The van der Waals surface area contributed by atoms with E-state index in [1.54, 1.807) is 0 Å². The molecule has 11 N–H and O–H groups in total. The molecule has 61 heavy (non-hydrogen) atoms. The van der Waals surface area contributed by atoms with Gasteiger partial charge in [0.25, 0.3) is 0 Å². The van der Waals surface area contributed by atoms with Crippen LogP contribution in [0.5, 0.6) is 0 Å². The van der Waals surface area contributed by atoms with E-state index in [0.29, 0.717) is 45.2 Å². The highest BCUT2D eigenvalue weighted by Gasteiger charge is 2.30. The number of amides is 6. The number of nitrogens with one attached hydrogen (secondary N) is 6. The van der Waals surface area contributed by atoms with Crippen molar-refractivity contribution in [2.24, 2.45) is 17.6 Å². The van der Waals surface area contributed by atoms with Crippen LogP contribution in [0.25, 0.3) is 10.8 Å². The molecule has 0 unspecified atom stereocenters. The molecule has 336 valence electrons. The Morgan fingerprint density at radius 3 is 1.93 bits per heavy atom. The van der Waals surface area contributed by atoms with Crippen molar-refractivity contribution in [1.29, 1.82) is 0 Å². The molecule has 0 bridgehead atoms.